The van der Waals surface area contributed by atoms with Gasteiger partial charge in [0.2, 0.25) is 10.9 Å². The first-order valence-corrected chi connectivity index (χ1v) is 9.39. The van der Waals surface area contributed by atoms with E-state index >= 15 is 0 Å². The molecule has 142 valence electrons. The van der Waals surface area contributed by atoms with Crippen molar-refractivity contribution in [2.75, 3.05) is 4.90 Å². The first kappa shape index (κ1) is 18.1. The van der Waals surface area contributed by atoms with Crippen molar-refractivity contribution >= 4 is 28.2 Å². The Bertz CT molecular complexity index is 1060. The van der Waals surface area contributed by atoms with Crippen LogP contribution < -0.4 is 4.90 Å². The van der Waals surface area contributed by atoms with Gasteiger partial charge in [-0.05, 0) is 23.8 Å². The lowest BCUT2D eigenvalue weighted by atomic mass is 9.96. The molecule has 0 radical (unpaired) electrons. The minimum atomic E-state index is -0.883. The Morgan fingerprint density at radius 1 is 1.29 bits per heavy atom. The maximum absolute atomic E-state index is 13.0. The molecule has 8 nitrogen and oxygen atoms in total. The van der Waals surface area contributed by atoms with Gasteiger partial charge in [-0.2, -0.15) is 0 Å². The van der Waals surface area contributed by atoms with Crippen LogP contribution in [0.2, 0.25) is 0 Å². The number of aromatic nitrogens is 3. The SMILES string of the molecule is CC(C)c1nnc(N2C(=O)C(O)=C(C(=O)c3ccco3)[C@@H]2c2cccnc2)s1. The maximum atomic E-state index is 13.0. The van der Waals surface area contributed by atoms with Gasteiger partial charge >= 0.3 is 0 Å². The zero-order valence-electron chi connectivity index (χ0n) is 15.1. The Morgan fingerprint density at radius 3 is 2.71 bits per heavy atom. The number of carbonyl (C=O) groups is 2. The molecule has 3 aromatic heterocycles. The Kier molecular flexibility index (Phi) is 4.52. The highest BCUT2D eigenvalue weighted by atomic mass is 32.1. The lowest BCUT2D eigenvalue weighted by molar-refractivity contribution is -0.117. The van der Waals surface area contributed by atoms with Gasteiger partial charge in [0.15, 0.2) is 11.5 Å². The average molecular weight is 396 g/mol. The predicted molar refractivity (Wildman–Crippen MR) is 101 cm³/mol. The minimum Gasteiger partial charge on any atom is -0.503 e. The fraction of sp³-hybridized carbons (Fsp3) is 0.211. The molecule has 4 heterocycles. The number of carbonyl (C=O) groups excluding carboxylic acids is 2. The number of nitrogens with zero attached hydrogens (tertiary/aromatic N) is 4. The summed E-state index contributed by atoms with van der Waals surface area (Å²) >= 11 is 1.24. The third-order valence-corrected chi connectivity index (χ3v) is 5.55. The molecule has 0 bridgehead atoms. The van der Waals surface area contributed by atoms with Crippen LogP contribution in [0.3, 0.4) is 0 Å². The summed E-state index contributed by atoms with van der Waals surface area (Å²) in [4.78, 5) is 31.3. The van der Waals surface area contributed by atoms with Crippen molar-refractivity contribution < 1.29 is 19.1 Å². The Morgan fingerprint density at radius 2 is 2.11 bits per heavy atom. The number of anilines is 1. The number of Topliss-reactive ketones (excluding diaryl/α,β-unsaturated/α-hetero) is 1. The lowest BCUT2D eigenvalue weighted by Crippen LogP contribution is -2.31. The fourth-order valence-corrected chi connectivity index (χ4v) is 3.86. The van der Waals surface area contributed by atoms with Gasteiger partial charge in [-0.1, -0.05) is 31.3 Å². The summed E-state index contributed by atoms with van der Waals surface area (Å²) in [5.74, 6) is -1.75. The molecule has 0 unspecified atom stereocenters. The number of hydrogen-bond acceptors (Lipinski definition) is 8. The standard InChI is InChI=1S/C19H16N4O4S/c1-10(2)17-21-22-19(28-17)23-14(11-5-3-7-20-9-11)13(16(25)18(23)26)15(24)12-6-4-8-27-12/h3-10,14,25H,1-2H3/t14-/m0/s1. The Labute approximate surface area is 164 Å². The van der Waals surface area contributed by atoms with Crippen LogP contribution in [0.5, 0.6) is 0 Å². The van der Waals surface area contributed by atoms with Crippen LogP contribution in [-0.2, 0) is 4.79 Å². The van der Waals surface area contributed by atoms with Crippen LogP contribution in [0.1, 0.15) is 46.9 Å². The molecular formula is C19H16N4O4S. The molecule has 0 fully saturated rings. The first-order valence-electron chi connectivity index (χ1n) is 8.57. The summed E-state index contributed by atoms with van der Waals surface area (Å²) in [5, 5.41) is 19.9. The third-order valence-electron chi connectivity index (χ3n) is 4.33. The van der Waals surface area contributed by atoms with Crippen molar-refractivity contribution in [1.29, 1.82) is 0 Å². The van der Waals surface area contributed by atoms with Crippen molar-refractivity contribution in [3.05, 3.63) is 70.6 Å². The van der Waals surface area contributed by atoms with Gasteiger partial charge in [-0.3, -0.25) is 19.5 Å². The number of ketones is 1. The van der Waals surface area contributed by atoms with E-state index in [2.05, 4.69) is 15.2 Å². The molecule has 1 aliphatic rings. The maximum Gasteiger partial charge on any atom is 0.296 e. The van der Waals surface area contributed by atoms with E-state index in [1.807, 2.05) is 13.8 Å². The molecule has 4 rings (SSSR count). The topological polar surface area (TPSA) is 109 Å². The van der Waals surface area contributed by atoms with E-state index in [0.29, 0.717) is 10.7 Å². The highest BCUT2D eigenvalue weighted by Gasteiger charge is 2.46. The van der Waals surface area contributed by atoms with Gasteiger partial charge in [0.1, 0.15) is 5.01 Å². The molecular weight excluding hydrogens is 380 g/mol. The number of aliphatic hydroxyl groups is 1. The van der Waals surface area contributed by atoms with Crippen LogP contribution in [0.25, 0.3) is 0 Å². The van der Waals surface area contributed by atoms with Crippen molar-refractivity contribution in [2.45, 2.75) is 25.8 Å². The van der Waals surface area contributed by atoms with E-state index in [0.717, 1.165) is 5.01 Å². The van der Waals surface area contributed by atoms with Gasteiger partial charge in [0.05, 0.1) is 17.9 Å². The van der Waals surface area contributed by atoms with E-state index in [-0.39, 0.29) is 17.3 Å². The zero-order chi connectivity index (χ0) is 19.8. The van der Waals surface area contributed by atoms with Gasteiger partial charge in [0.25, 0.3) is 5.91 Å². The Balaban J connectivity index is 1.85. The van der Waals surface area contributed by atoms with E-state index in [4.69, 9.17) is 4.42 Å². The molecule has 3 aromatic rings. The molecule has 0 spiro atoms. The van der Waals surface area contributed by atoms with Crippen LogP contribution in [0.15, 0.2) is 58.7 Å². The van der Waals surface area contributed by atoms with Gasteiger partial charge in [-0.25, -0.2) is 0 Å². The molecule has 1 N–H and O–H groups in total. The van der Waals surface area contributed by atoms with Crippen LogP contribution >= 0.6 is 11.3 Å². The summed E-state index contributed by atoms with van der Waals surface area (Å²) in [7, 11) is 0. The smallest absolute Gasteiger partial charge is 0.296 e. The molecule has 1 aliphatic heterocycles. The van der Waals surface area contributed by atoms with Gasteiger partial charge < -0.3 is 9.52 Å². The van der Waals surface area contributed by atoms with Crippen molar-refractivity contribution in [3.8, 4) is 0 Å². The first-order chi connectivity index (χ1) is 13.5. The molecule has 0 aliphatic carbocycles. The summed E-state index contributed by atoms with van der Waals surface area (Å²) in [5.41, 5.74) is 0.491. The minimum absolute atomic E-state index is 0.0326. The molecule has 9 heteroatoms. The molecule has 1 amide bonds. The van der Waals surface area contributed by atoms with E-state index in [1.165, 1.54) is 28.6 Å². The van der Waals surface area contributed by atoms with Crippen molar-refractivity contribution in [2.24, 2.45) is 0 Å². The highest BCUT2D eigenvalue weighted by molar-refractivity contribution is 7.15. The number of aliphatic hydroxyl groups excluding tert-OH is 1. The average Bonchev–Trinajstić information content (AvgIpc) is 3.43. The Hall–Kier alpha value is -3.33. The second kappa shape index (κ2) is 7.01. The largest absolute Gasteiger partial charge is 0.503 e. The predicted octanol–water partition coefficient (Wildman–Crippen LogP) is 3.43. The lowest BCUT2D eigenvalue weighted by Gasteiger charge is -2.23. The highest BCUT2D eigenvalue weighted by Crippen LogP contribution is 2.43. The van der Waals surface area contributed by atoms with Crippen molar-refractivity contribution in [1.82, 2.24) is 15.2 Å². The number of pyridine rings is 1. The normalized spacial score (nSPS) is 17.0. The second-order valence-electron chi connectivity index (χ2n) is 6.51. The third kappa shape index (κ3) is 2.89. The van der Waals surface area contributed by atoms with Gasteiger partial charge in [0, 0.05) is 18.3 Å². The van der Waals surface area contributed by atoms with Crippen LogP contribution in [-0.4, -0.2) is 32.0 Å². The fourth-order valence-electron chi connectivity index (χ4n) is 2.99. The summed E-state index contributed by atoms with van der Waals surface area (Å²) < 4.78 is 5.19. The molecule has 0 aromatic carbocycles. The molecule has 0 saturated carbocycles. The molecule has 1 atom stereocenters. The van der Waals surface area contributed by atoms with E-state index in [9.17, 15) is 14.7 Å². The number of rotatable bonds is 5. The summed E-state index contributed by atoms with van der Waals surface area (Å²) in [6, 6.07) is 5.60. The number of furan rings is 1. The number of amides is 1. The summed E-state index contributed by atoms with van der Waals surface area (Å²) in [6.45, 7) is 3.94. The number of hydrogen-bond donors (Lipinski definition) is 1. The molecule has 28 heavy (non-hydrogen) atoms. The zero-order valence-corrected chi connectivity index (χ0v) is 15.9. The monoisotopic (exact) mass is 396 g/mol. The van der Waals surface area contributed by atoms with E-state index < -0.39 is 23.5 Å². The quantitative estimate of drug-likeness (QED) is 0.658. The van der Waals surface area contributed by atoms with Crippen LogP contribution in [0.4, 0.5) is 5.13 Å². The van der Waals surface area contributed by atoms with E-state index in [1.54, 1.807) is 30.6 Å². The molecule has 0 saturated heterocycles. The van der Waals surface area contributed by atoms with Crippen LogP contribution in [0, 0.1) is 0 Å². The van der Waals surface area contributed by atoms with Crippen molar-refractivity contribution in [3.63, 3.8) is 0 Å². The van der Waals surface area contributed by atoms with Gasteiger partial charge in [-0.15, -0.1) is 10.2 Å². The summed E-state index contributed by atoms with van der Waals surface area (Å²) in [6.07, 6.45) is 4.49. The second-order valence-corrected chi connectivity index (χ2v) is 7.50.